The second-order valence-electron chi connectivity index (χ2n) is 24.3. The van der Waals surface area contributed by atoms with E-state index in [4.69, 9.17) is 4.74 Å². The predicted molar refractivity (Wildman–Crippen MR) is 249 cm³/mol. The minimum absolute atomic E-state index is 0.0225. The van der Waals surface area contributed by atoms with E-state index in [0.717, 1.165) is 31.2 Å². The van der Waals surface area contributed by atoms with Gasteiger partial charge in [0.1, 0.15) is 6.04 Å². The SMILES string of the molecule is CC(=O)C(CO)NC1=C2C(CCC3(C)C4C(CC#CC(C5COC(=O)C5c5cc[nH]c5)C5CCC6C=C7CCC(C)CC7C5C6C(C)CC(O)C4(C)O)CC23O)C2(C)CC(O)C(O)CC2C1=O. The fraction of sp³-hybridized carbons (Fsp3) is 0.764. The summed E-state index contributed by atoms with van der Waals surface area (Å²) in [6.45, 7) is 11.4. The van der Waals surface area contributed by atoms with Gasteiger partial charge in [-0.15, -0.1) is 5.92 Å². The highest BCUT2D eigenvalue weighted by molar-refractivity contribution is 6.00. The Morgan fingerprint density at radius 2 is 1.75 bits per heavy atom. The van der Waals surface area contributed by atoms with Crippen LogP contribution in [0.25, 0.3) is 0 Å². The number of H-pyrrole nitrogens is 1. The van der Waals surface area contributed by atoms with Gasteiger partial charge in [0, 0.05) is 47.9 Å². The molecule has 9 aliphatic rings. The molecule has 1 aliphatic heterocycles. The number of fused-ring (bicyclic) bond motifs is 8. The number of rotatable bonds is 6. The highest BCUT2D eigenvalue weighted by Gasteiger charge is 2.73. The van der Waals surface area contributed by atoms with E-state index in [1.165, 1.54) is 13.3 Å². The average Bonchev–Trinajstić information content (AvgIpc) is 3.99. The van der Waals surface area contributed by atoms with Crippen molar-refractivity contribution in [1.82, 2.24) is 10.3 Å². The Labute approximate surface area is 396 Å². The third kappa shape index (κ3) is 7.15. The van der Waals surface area contributed by atoms with Crippen molar-refractivity contribution in [2.24, 2.45) is 87.8 Å². The molecule has 1 aromatic rings. The van der Waals surface area contributed by atoms with Crippen LogP contribution in [-0.4, -0.2) is 102 Å². The zero-order chi connectivity index (χ0) is 47.7. The third-order valence-electron chi connectivity index (χ3n) is 20.8. The summed E-state index contributed by atoms with van der Waals surface area (Å²) in [7, 11) is 0. The van der Waals surface area contributed by atoms with Crippen molar-refractivity contribution in [3.05, 3.63) is 46.9 Å². The van der Waals surface area contributed by atoms with E-state index in [1.807, 2.05) is 32.3 Å². The van der Waals surface area contributed by atoms with Crippen LogP contribution in [0.3, 0.4) is 0 Å². The minimum Gasteiger partial charge on any atom is -0.465 e. The maximum atomic E-state index is 15.0. The molecular weight excluding hydrogens is 849 g/mol. The Bertz CT molecular complexity index is 2260. The number of nitrogens with one attached hydrogen (secondary N) is 2. The van der Waals surface area contributed by atoms with Crippen LogP contribution in [-0.2, 0) is 19.1 Å². The molecule has 4 bridgehead atoms. The number of aliphatic hydroxyl groups is 6. The Morgan fingerprint density at radius 3 is 2.46 bits per heavy atom. The van der Waals surface area contributed by atoms with Gasteiger partial charge in [-0.2, -0.15) is 0 Å². The lowest BCUT2D eigenvalue weighted by molar-refractivity contribution is -0.183. The van der Waals surface area contributed by atoms with Gasteiger partial charge >= 0.3 is 5.97 Å². The van der Waals surface area contributed by atoms with Crippen molar-refractivity contribution in [3.8, 4) is 11.8 Å². The Kier molecular flexibility index (Phi) is 12.0. The number of hydrogen-bond donors (Lipinski definition) is 8. The first-order valence-electron chi connectivity index (χ1n) is 25.9. The number of aromatic amines is 1. The van der Waals surface area contributed by atoms with Crippen molar-refractivity contribution in [2.75, 3.05) is 13.2 Å². The van der Waals surface area contributed by atoms with Gasteiger partial charge in [0.05, 0.1) is 54.3 Å². The second-order valence-corrected chi connectivity index (χ2v) is 24.3. The molecule has 8 aliphatic carbocycles. The molecular formula is C55H76N2O10. The molecule has 0 spiro atoms. The Morgan fingerprint density at radius 1 is 0.970 bits per heavy atom. The van der Waals surface area contributed by atoms with Crippen molar-refractivity contribution in [2.45, 2.75) is 160 Å². The van der Waals surface area contributed by atoms with Crippen LogP contribution in [0.2, 0.25) is 0 Å². The van der Waals surface area contributed by atoms with Gasteiger partial charge < -0.3 is 45.7 Å². The van der Waals surface area contributed by atoms with Crippen LogP contribution in [0.15, 0.2) is 41.4 Å². The van der Waals surface area contributed by atoms with Crippen molar-refractivity contribution >= 4 is 17.5 Å². The van der Waals surface area contributed by atoms with Crippen LogP contribution in [0.1, 0.15) is 130 Å². The molecule has 0 amide bonds. The lowest BCUT2D eigenvalue weighted by atomic mass is 9.45. The molecule has 2 heterocycles. The summed E-state index contributed by atoms with van der Waals surface area (Å²) >= 11 is 0. The van der Waals surface area contributed by atoms with Crippen LogP contribution in [0.5, 0.6) is 0 Å². The number of carbonyl (C=O) groups excluding carboxylic acids is 3. The molecule has 10 rings (SSSR count). The van der Waals surface area contributed by atoms with E-state index in [9.17, 15) is 40.2 Å². The number of ketones is 2. The highest BCUT2D eigenvalue weighted by Crippen LogP contribution is 2.71. The number of aromatic nitrogens is 1. The summed E-state index contributed by atoms with van der Waals surface area (Å²) in [5.41, 5.74) is -2.39. The van der Waals surface area contributed by atoms with Crippen LogP contribution < -0.4 is 5.32 Å². The highest BCUT2D eigenvalue weighted by atomic mass is 16.5. The Hall–Kier alpha value is -3.31. The summed E-state index contributed by atoms with van der Waals surface area (Å²) in [5.74, 6) is 5.50. The fourth-order valence-corrected chi connectivity index (χ4v) is 17.7. The summed E-state index contributed by atoms with van der Waals surface area (Å²) < 4.78 is 5.98. The van der Waals surface area contributed by atoms with E-state index >= 15 is 4.79 Å². The molecule has 1 saturated heterocycles. The first-order valence-corrected chi connectivity index (χ1v) is 25.9. The molecule has 1 aromatic heterocycles. The molecule has 22 unspecified atom stereocenters. The van der Waals surface area contributed by atoms with E-state index in [1.54, 1.807) is 12.5 Å². The molecule has 22 atom stereocenters. The standard InChI is InChI=1S/C55H76N2O10/c1-27-10-11-30-20-31-12-13-35-34(37-26-67-51(64)45(37)33-15-17-56-24-33)9-7-8-32-22-55(66)47-38(52(4)23-42(61)41(60)21-39(52)49(63)48(47)57-40(25-58)29(3)59)14-16-53(55,5)50(32)54(6,65)43(62)19-28(2)44(31)46(35)36(30)18-27/h15,17,20,24,27-28,31-32,34-46,50,56-58,60-62,65-66H,8,10-14,16,18-19,21-23,25-26H2,1-6H3. The maximum absolute atomic E-state index is 15.0. The van der Waals surface area contributed by atoms with Gasteiger partial charge in [0.15, 0.2) is 11.6 Å². The average molecular weight is 925 g/mol. The first-order chi connectivity index (χ1) is 31.7. The van der Waals surface area contributed by atoms with Crippen LogP contribution in [0.4, 0.5) is 0 Å². The number of aliphatic hydroxyl groups excluding tert-OH is 4. The number of Topliss-reactive ketones (excluding diaryl/α,β-unsaturated/α-hetero) is 2. The van der Waals surface area contributed by atoms with E-state index in [-0.39, 0.29) is 91.0 Å². The van der Waals surface area contributed by atoms with Gasteiger partial charge in [0.25, 0.3) is 0 Å². The molecule has 12 nitrogen and oxygen atoms in total. The summed E-state index contributed by atoms with van der Waals surface area (Å²) in [6, 6.07) is 0.848. The number of allylic oxidation sites excluding steroid dienone is 3. The summed E-state index contributed by atoms with van der Waals surface area (Å²) in [6.07, 6.45) is 10.2. The number of carbonyl (C=O) groups is 3. The Balaban J connectivity index is 1.13. The number of esters is 1. The molecule has 12 heteroatoms. The van der Waals surface area contributed by atoms with E-state index in [0.29, 0.717) is 42.6 Å². The lowest BCUT2D eigenvalue weighted by Crippen LogP contribution is -2.65. The molecule has 5 saturated carbocycles. The number of hydrogen-bond acceptors (Lipinski definition) is 11. The number of cyclic esters (lactones) is 1. The zero-order valence-electron chi connectivity index (χ0n) is 40.4. The van der Waals surface area contributed by atoms with E-state index < -0.39 is 82.6 Å². The maximum Gasteiger partial charge on any atom is 0.313 e. The topological polar surface area (TPSA) is 210 Å². The second kappa shape index (κ2) is 16.9. The van der Waals surface area contributed by atoms with Gasteiger partial charge in [-0.05, 0) is 160 Å². The molecule has 366 valence electrons. The predicted octanol–water partition coefficient (Wildman–Crippen LogP) is 5.37. The van der Waals surface area contributed by atoms with Crippen molar-refractivity contribution in [1.29, 1.82) is 0 Å². The number of ether oxygens (including phenoxy) is 1. The van der Waals surface area contributed by atoms with Gasteiger partial charge in [-0.3, -0.25) is 14.4 Å². The van der Waals surface area contributed by atoms with Crippen LogP contribution in [0, 0.1) is 99.6 Å². The minimum atomic E-state index is -1.74. The summed E-state index contributed by atoms with van der Waals surface area (Å²) in [5, 5.41) is 75.7. The van der Waals surface area contributed by atoms with Crippen molar-refractivity contribution < 1.29 is 49.8 Å². The smallest absolute Gasteiger partial charge is 0.313 e. The quantitative estimate of drug-likeness (QED) is 0.103. The zero-order valence-corrected chi connectivity index (χ0v) is 40.4. The summed E-state index contributed by atoms with van der Waals surface area (Å²) in [4.78, 5) is 44.9. The lowest BCUT2D eigenvalue weighted by Gasteiger charge is -2.61. The molecule has 67 heavy (non-hydrogen) atoms. The van der Waals surface area contributed by atoms with Gasteiger partial charge in [-0.25, -0.2) is 0 Å². The normalized spacial score (nSPS) is 49.7. The van der Waals surface area contributed by atoms with Crippen LogP contribution >= 0.6 is 0 Å². The first kappa shape index (κ1) is 47.4. The van der Waals surface area contributed by atoms with E-state index in [2.05, 4.69) is 42.1 Å². The van der Waals surface area contributed by atoms with Crippen molar-refractivity contribution in [3.63, 3.8) is 0 Å². The molecule has 0 aromatic carbocycles. The molecule has 6 fully saturated rings. The fourth-order valence-electron chi connectivity index (χ4n) is 17.7. The third-order valence-corrected chi connectivity index (χ3v) is 20.8. The largest absolute Gasteiger partial charge is 0.465 e. The monoisotopic (exact) mass is 925 g/mol. The molecule has 8 N–H and O–H groups in total. The van der Waals surface area contributed by atoms with Gasteiger partial charge in [-0.1, -0.05) is 45.3 Å². The molecule has 0 radical (unpaired) electrons. The van der Waals surface area contributed by atoms with Gasteiger partial charge in [0.2, 0.25) is 0 Å².